The Morgan fingerprint density at radius 2 is 1.84 bits per heavy atom. The van der Waals surface area contributed by atoms with Crippen LogP contribution in [0.15, 0.2) is 66.7 Å². The summed E-state index contributed by atoms with van der Waals surface area (Å²) in [5.41, 5.74) is 9.42. The van der Waals surface area contributed by atoms with Crippen LogP contribution >= 0.6 is 11.3 Å². The van der Waals surface area contributed by atoms with E-state index in [2.05, 4.69) is 20.9 Å². The number of para-hydroxylation sites is 1. The molecule has 16 heteroatoms. The predicted octanol–water partition coefficient (Wildman–Crippen LogP) is 2.44. The molecule has 2 atom stereocenters. The fourth-order valence-corrected chi connectivity index (χ4v) is 7.62. The Bertz CT molecular complexity index is 2060. The number of nitrogens with one attached hydrogen (secondary N) is 2. The number of aromatic nitrogens is 1. The number of carbonyl (C=O) groups is 3. The number of hydrogen-bond acceptors (Lipinski definition) is 10. The standard InChI is InChI=1S/C34H36N8O6S2/c1-4-16-40(34(45)36-18-23-10-14-26(48-2)15-11-23)41-21-30(43)42-27(17-22-8-12-25(13-9-22)38-50(3,46)47)32(44)39(20-29(41)42)19-24-6-5-7-28-31(24)37-33(35)49-28/h1,5-15,27,29,38H,16-21H2,2-3H3,(H2,35,37)(H,36,45)/t27-,29+/m0/s1. The molecule has 2 saturated heterocycles. The second-order valence-corrected chi connectivity index (χ2v) is 14.8. The van der Waals surface area contributed by atoms with Gasteiger partial charge in [-0.1, -0.05) is 53.7 Å². The number of piperazine rings is 1. The summed E-state index contributed by atoms with van der Waals surface area (Å²) in [5, 5.41) is 6.27. The highest BCUT2D eigenvalue weighted by Gasteiger charge is 2.52. The molecule has 6 rings (SSSR count). The summed E-state index contributed by atoms with van der Waals surface area (Å²) in [4.78, 5) is 49.4. The monoisotopic (exact) mass is 716 g/mol. The van der Waals surface area contributed by atoms with Crippen LogP contribution in [0.25, 0.3) is 10.2 Å². The first-order valence-corrected chi connectivity index (χ1v) is 18.3. The largest absolute Gasteiger partial charge is 0.497 e. The highest BCUT2D eigenvalue weighted by atomic mass is 32.2. The van der Waals surface area contributed by atoms with E-state index < -0.39 is 28.3 Å². The second kappa shape index (κ2) is 14.2. The predicted molar refractivity (Wildman–Crippen MR) is 190 cm³/mol. The van der Waals surface area contributed by atoms with Crippen molar-refractivity contribution in [3.8, 4) is 18.1 Å². The van der Waals surface area contributed by atoms with Gasteiger partial charge in [0, 0.05) is 25.2 Å². The molecule has 50 heavy (non-hydrogen) atoms. The fraction of sp³-hybridized carbons (Fsp3) is 0.294. The number of carbonyl (C=O) groups excluding carboxylic acids is 3. The molecule has 0 radical (unpaired) electrons. The molecule has 4 amide bonds. The van der Waals surface area contributed by atoms with Crippen molar-refractivity contribution >= 4 is 60.2 Å². The smallest absolute Gasteiger partial charge is 0.333 e. The number of rotatable bonds is 11. The fourth-order valence-electron chi connectivity index (χ4n) is 6.27. The topological polar surface area (TPSA) is 171 Å². The molecule has 0 bridgehead atoms. The number of amides is 4. The van der Waals surface area contributed by atoms with Gasteiger partial charge >= 0.3 is 6.03 Å². The Morgan fingerprint density at radius 1 is 1.12 bits per heavy atom. The van der Waals surface area contributed by atoms with Crippen molar-refractivity contribution in [1.29, 1.82) is 0 Å². The summed E-state index contributed by atoms with van der Waals surface area (Å²) >= 11 is 1.35. The van der Waals surface area contributed by atoms with Gasteiger partial charge in [-0.05, 0) is 47.0 Å². The number of hydrazine groups is 1. The first-order valence-electron chi connectivity index (χ1n) is 15.6. The van der Waals surface area contributed by atoms with Crippen molar-refractivity contribution in [3.05, 3.63) is 83.4 Å². The number of benzene rings is 3. The van der Waals surface area contributed by atoms with Crippen molar-refractivity contribution in [3.63, 3.8) is 0 Å². The summed E-state index contributed by atoms with van der Waals surface area (Å²) in [7, 11) is -1.91. The minimum absolute atomic E-state index is 0.0983. The summed E-state index contributed by atoms with van der Waals surface area (Å²) in [5.74, 6) is 2.61. The van der Waals surface area contributed by atoms with Crippen LogP contribution in [-0.4, -0.2) is 96.3 Å². The summed E-state index contributed by atoms with van der Waals surface area (Å²) in [6.07, 6.45) is 6.23. The van der Waals surface area contributed by atoms with Gasteiger partial charge in [0.05, 0.1) is 43.2 Å². The van der Waals surface area contributed by atoms with E-state index in [1.54, 1.807) is 53.4 Å². The number of urea groups is 1. The zero-order valence-electron chi connectivity index (χ0n) is 27.4. The lowest BCUT2D eigenvalue weighted by molar-refractivity contribution is -0.157. The second-order valence-electron chi connectivity index (χ2n) is 12.0. The molecule has 1 aromatic heterocycles. The highest BCUT2D eigenvalue weighted by molar-refractivity contribution is 7.92. The van der Waals surface area contributed by atoms with Crippen LogP contribution in [0, 0.1) is 12.3 Å². The number of anilines is 2. The van der Waals surface area contributed by atoms with Gasteiger partial charge in [0.2, 0.25) is 21.8 Å². The number of thiazole rings is 1. The minimum Gasteiger partial charge on any atom is -0.497 e. The third-order valence-electron chi connectivity index (χ3n) is 8.52. The molecular weight excluding hydrogens is 681 g/mol. The molecule has 4 aromatic rings. The normalized spacial score (nSPS) is 17.8. The maximum absolute atomic E-state index is 14.3. The van der Waals surface area contributed by atoms with Gasteiger partial charge in [0.15, 0.2) is 5.13 Å². The van der Waals surface area contributed by atoms with Crippen LogP contribution in [0.5, 0.6) is 5.75 Å². The molecule has 14 nitrogen and oxygen atoms in total. The van der Waals surface area contributed by atoms with Crippen molar-refractivity contribution < 1.29 is 27.5 Å². The summed E-state index contributed by atoms with van der Waals surface area (Å²) in [6, 6.07) is 18.2. The number of ether oxygens (including phenoxy) is 1. The van der Waals surface area contributed by atoms with Crippen molar-refractivity contribution in [2.75, 3.05) is 43.5 Å². The zero-order chi connectivity index (χ0) is 35.6. The first kappa shape index (κ1) is 34.5. The van der Waals surface area contributed by atoms with Gasteiger partial charge in [-0.25, -0.2) is 23.2 Å². The molecule has 0 saturated carbocycles. The van der Waals surface area contributed by atoms with Gasteiger partial charge in [-0.3, -0.25) is 14.3 Å². The maximum Gasteiger partial charge on any atom is 0.333 e. The quantitative estimate of drug-likeness (QED) is 0.197. The van der Waals surface area contributed by atoms with E-state index in [9.17, 15) is 22.8 Å². The first-order chi connectivity index (χ1) is 23.9. The van der Waals surface area contributed by atoms with Crippen LogP contribution in [-0.2, 0) is 39.1 Å². The van der Waals surface area contributed by atoms with Crippen molar-refractivity contribution in [2.24, 2.45) is 0 Å². The minimum atomic E-state index is -3.48. The number of sulfonamides is 1. The molecule has 4 N–H and O–H groups in total. The molecule has 3 aromatic carbocycles. The number of terminal acetylenes is 1. The summed E-state index contributed by atoms with van der Waals surface area (Å²) in [6.45, 7) is 0.212. The van der Waals surface area contributed by atoms with Crippen LogP contribution < -0.4 is 20.5 Å². The molecule has 0 unspecified atom stereocenters. The lowest BCUT2D eigenvalue weighted by Gasteiger charge is -2.46. The highest BCUT2D eigenvalue weighted by Crippen LogP contribution is 2.32. The Balaban J connectivity index is 1.30. The summed E-state index contributed by atoms with van der Waals surface area (Å²) < 4.78 is 32.0. The van der Waals surface area contributed by atoms with Gasteiger partial charge in [-0.2, -0.15) is 5.01 Å². The molecule has 2 aliphatic rings. The van der Waals surface area contributed by atoms with Crippen LogP contribution in [0.4, 0.5) is 15.6 Å². The lowest BCUT2D eigenvalue weighted by Crippen LogP contribution is -2.66. The molecule has 3 heterocycles. The number of hydrogen-bond donors (Lipinski definition) is 3. The molecule has 0 aliphatic carbocycles. The van der Waals surface area contributed by atoms with Crippen molar-refractivity contribution in [1.82, 2.24) is 30.1 Å². The van der Waals surface area contributed by atoms with Gasteiger partial charge in [-0.15, -0.1) is 6.42 Å². The zero-order valence-corrected chi connectivity index (χ0v) is 29.0. The Labute approximate surface area is 293 Å². The van der Waals surface area contributed by atoms with E-state index in [0.29, 0.717) is 27.6 Å². The van der Waals surface area contributed by atoms with E-state index in [1.165, 1.54) is 21.2 Å². The third-order valence-corrected chi connectivity index (χ3v) is 9.98. The Kier molecular flexibility index (Phi) is 9.82. The van der Waals surface area contributed by atoms with Gasteiger partial charge in [0.1, 0.15) is 18.0 Å². The number of nitrogens with zero attached hydrogens (tertiary/aromatic N) is 5. The molecule has 2 aliphatic heterocycles. The van der Waals surface area contributed by atoms with Gasteiger partial charge in [0.25, 0.3) is 0 Å². The number of fused-ring (bicyclic) bond motifs is 2. The van der Waals surface area contributed by atoms with E-state index in [-0.39, 0.29) is 51.0 Å². The number of methoxy groups -OCH3 is 1. The maximum atomic E-state index is 14.3. The number of nitrogen functional groups attached to an aromatic ring is 1. The molecule has 0 spiro atoms. The third kappa shape index (κ3) is 7.44. The van der Waals surface area contributed by atoms with Gasteiger partial charge < -0.3 is 25.6 Å². The molecular formula is C34H36N8O6S2. The number of nitrogens with two attached hydrogens (primary N) is 1. The van der Waals surface area contributed by atoms with E-state index in [1.807, 2.05) is 30.3 Å². The molecule has 2 fully saturated rings. The van der Waals surface area contributed by atoms with E-state index in [4.69, 9.17) is 16.9 Å². The average molecular weight is 717 g/mol. The van der Waals surface area contributed by atoms with E-state index in [0.717, 1.165) is 22.1 Å². The van der Waals surface area contributed by atoms with Crippen LogP contribution in [0.1, 0.15) is 16.7 Å². The SMILES string of the molecule is C#CCN(C(=O)NCc1ccc(OC)cc1)N1CC(=O)N2[C@@H](Cc3ccc(NS(C)(=O)=O)cc3)C(=O)N(Cc3cccc4sc(N)nc34)C[C@@H]21. The lowest BCUT2D eigenvalue weighted by atomic mass is 9.99. The van der Waals surface area contributed by atoms with Crippen LogP contribution in [0.3, 0.4) is 0 Å². The Morgan fingerprint density at radius 3 is 2.52 bits per heavy atom. The van der Waals surface area contributed by atoms with E-state index >= 15 is 0 Å². The average Bonchev–Trinajstić information content (AvgIpc) is 3.63. The Hall–Kier alpha value is -5.37. The van der Waals surface area contributed by atoms with Crippen LogP contribution in [0.2, 0.25) is 0 Å². The molecule has 260 valence electrons. The van der Waals surface area contributed by atoms with Crippen molar-refractivity contribution in [2.45, 2.75) is 31.7 Å².